The van der Waals surface area contributed by atoms with Gasteiger partial charge in [0.15, 0.2) is 0 Å². The van der Waals surface area contributed by atoms with Gasteiger partial charge in [-0.05, 0) is 59.4 Å². The van der Waals surface area contributed by atoms with E-state index in [1.165, 1.54) is 11.8 Å². The number of aromatic nitrogens is 4. The van der Waals surface area contributed by atoms with Crippen LogP contribution in [0.1, 0.15) is 33.2 Å². The minimum atomic E-state index is -1.05. The molecule has 0 aliphatic heterocycles. The van der Waals surface area contributed by atoms with Gasteiger partial charge in [0.25, 0.3) is 5.91 Å². The van der Waals surface area contributed by atoms with Crippen molar-refractivity contribution in [1.82, 2.24) is 25.3 Å². The van der Waals surface area contributed by atoms with Crippen molar-refractivity contribution in [3.8, 4) is 11.1 Å². The Balaban J connectivity index is 1.72. The maximum absolute atomic E-state index is 13.2. The molecule has 3 aromatic heterocycles. The van der Waals surface area contributed by atoms with Crippen molar-refractivity contribution in [2.45, 2.75) is 18.9 Å². The fourth-order valence-corrected chi connectivity index (χ4v) is 4.81. The molecule has 4 aromatic rings. The van der Waals surface area contributed by atoms with Gasteiger partial charge in [-0.15, -0.1) is 11.3 Å². The normalized spacial score (nSPS) is 12.3. The average Bonchev–Trinajstić information content (AvgIpc) is 3.61. The summed E-state index contributed by atoms with van der Waals surface area (Å²) < 4.78 is 0. The molecule has 0 radical (unpaired) electrons. The Bertz CT molecular complexity index is 1320. The predicted molar refractivity (Wildman–Crippen MR) is 144 cm³/mol. The van der Waals surface area contributed by atoms with Crippen LogP contribution in [0.25, 0.3) is 22.8 Å². The molecule has 3 N–H and O–H groups in total. The first kappa shape index (κ1) is 25.3. The molecule has 0 aliphatic rings. The molecule has 0 spiro atoms. The van der Waals surface area contributed by atoms with E-state index >= 15 is 0 Å². The fourth-order valence-electron chi connectivity index (χ4n) is 3.69. The van der Waals surface area contributed by atoms with Gasteiger partial charge in [0.2, 0.25) is 0 Å². The van der Waals surface area contributed by atoms with Crippen molar-refractivity contribution in [2.24, 2.45) is 0 Å². The number of carboxylic acid groups (broad SMARTS) is 1. The lowest BCUT2D eigenvalue weighted by molar-refractivity contribution is -0.139. The smallest absolute Gasteiger partial charge is 0.326 e. The minimum absolute atomic E-state index is 0.343. The highest BCUT2D eigenvalue weighted by atomic mass is 32.2. The minimum Gasteiger partial charge on any atom is -0.480 e. The van der Waals surface area contributed by atoms with E-state index in [9.17, 15) is 14.7 Å². The third-order valence-electron chi connectivity index (χ3n) is 5.44. The molecule has 36 heavy (non-hydrogen) atoms. The van der Waals surface area contributed by atoms with Gasteiger partial charge in [-0.1, -0.05) is 12.1 Å². The molecule has 0 bridgehead atoms. The van der Waals surface area contributed by atoms with Gasteiger partial charge in [0.1, 0.15) is 16.9 Å². The number of H-pyrrole nitrogens is 1. The number of carbonyl (C=O) groups excluding carboxylic acids is 1. The van der Waals surface area contributed by atoms with Gasteiger partial charge in [-0.2, -0.15) is 11.8 Å². The van der Waals surface area contributed by atoms with Gasteiger partial charge in [0, 0.05) is 53.9 Å². The Morgan fingerprint density at radius 3 is 2.78 bits per heavy atom. The number of aromatic amines is 1. The molecule has 0 aliphatic carbocycles. The second-order valence-corrected chi connectivity index (χ2v) is 9.79. The van der Waals surface area contributed by atoms with E-state index in [2.05, 4.69) is 25.3 Å². The van der Waals surface area contributed by atoms with Crippen molar-refractivity contribution in [2.75, 3.05) is 12.0 Å². The maximum Gasteiger partial charge on any atom is 0.326 e. The third kappa shape index (κ3) is 6.46. The summed E-state index contributed by atoms with van der Waals surface area (Å²) in [6.45, 7) is 0. The lowest BCUT2D eigenvalue weighted by Gasteiger charge is -2.16. The van der Waals surface area contributed by atoms with Crippen LogP contribution in [0.2, 0.25) is 0 Å². The lowest BCUT2D eigenvalue weighted by Crippen LogP contribution is -2.41. The van der Waals surface area contributed by atoms with E-state index in [1.807, 2.05) is 35.9 Å². The number of carboxylic acids is 1. The number of imidazole rings is 1. The summed E-state index contributed by atoms with van der Waals surface area (Å²) in [5, 5.41) is 15.1. The first-order chi connectivity index (χ1) is 17.5. The number of hydrogen-bond donors (Lipinski definition) is 3. The third-order valence-corrected chi connectivity index (χ3v) is 6.93. The first-order valence-corrected chi connectivity index (χ1v) is 13.5. The summed E-state index contributed by atoms with van der Waals surface area (Å²) in [5.41, 5.74) is 3.67. The molecule has 0 unspecified atom stereocenters. The Kier molecular flexibility index (Phi) is 8.64. The summed E-state index contributed by atoms with van der Waals surface area (Å²) >= 11 is 3.08. The first-order valence-electron chi connectivity index (χ1n) is 11.2. The zero-order valence-electron chi connectivity index (χ0n) is 19.5. The number of nitrogens with one attached hydrogen (secondary N) is 2. The van der Waals surface area contributed by atoms with E-state index in [0.717, 1.165) is 27.5 Å². The molecule has 0 saturated heterocycles. The fraction of sp³-hybridized carbons (Fsp3) is 0.192. The van der Waals surface area contributed by atoms with Crippen molar-refractivity contribution in [3.05, 3.63) is 88.7 Å². The Labute approximate surface area is 216 Å². The number of aliphatic carboxylic acids is 1. The maximum atomic E-state index is 13.2. The van der Waals surface area contributed by atoms with E-state index in [-0.39, 0.29) is 0 Å². The lowest BCUT2D eigenvalue weighted by atomic mass is 9.96. The number of pyridine rings is 1. The Hall–Kier alpha value is -3.76. The number of allylic oxidation sites excluding steroid dienone is 1. The van der Waals surface area contributed by atoms with Crippen molar-refractivity contribution >= 4 is 46.6 Å². The quantitative estimate of drug-likeness (QED) is 0.264. The monoisotopic (exact) mass is 519 g/mol. The molecule has 0 fully saturated rings. The van der Waals surface area contributed by atoms with Crippen molar-refractivity contribution < 1.29 is 14.7 Å². The molecular weight excluding hydrogens is 494 g/mol. The number of nitrogens with zero attached hydrogens (tertiary/aromatic N) is 3. The van der Waals surface area contributed by atoms with Crippen LogP contribution >= 0.6 is 23.1 Å². The van der Waals surface area contributed by atoms with Crippen LogP contribution in [-0.2, 0) is 11.2 Å². The van der Waals surface area contributed by atoms with E-state index in [0.29, 0.717) is 29.7 Å². The second kappa shape index (κ2) is 12.3. The SMILES string of the molecule is CSCC[C@H](NC(=O)c1ccc(C=C(Cc2ncc[nH]2)c2nccs2)cc1-c1cccnc1)C(=O)O. The molecule has 0 saturated carbocycles. The highest BCUT2D eigenvalue weighted by Gasteiger charge is 2.22. The van der Waals surface area contributed by atoms with Gasteiger partial charge in [0.05, 0.1) is 0 Å². The number of hydrogen-bond acceptors (Lipinski definition) is 7. The highest BCUT2D eigenvalue weighted by Crippen LogP contribution is 2.29. The van der Waals surface area contributed by atoms with Crippen molar-refractivity contribution in [1.29, 1.82) is 0 Å². The second-order valence-electron chi connectivity index (χ2n) is 7.91. The summed E-state index contributed by atoms with van der Waals surface area (Å²) in [6.07, 6.45) is 13.5. The summed E-state index contributed by atoms with van der Waals surface area (Å²) in [4.78, 5) is 41.1. The largest absolute Gasteiger partial charge is 0.480 e. The van der Waals surface area contributed by atoms with E-state index in [1.54, 1.807) is 54.5 Å². The van der Waals surface area contributed by atoms with Gasteiger partial charge in [-0.25, -0.2) is 14.8 Å². The van der Waals surface area contributed by atoms with E-state index in [4.69, 9.17) is 0 Å². The van der Waals surface area contributed by atoms with Gasteiger partial charge in [-0.3, -0.25) is 9.78 Å². The molecule has 4 rings (SSSR count). The molecular formula is C26H25N5O3S2. The molecule has 3 heterocycles. The van der Waals surface area contributed by atoms with Crippen LogP contribution in [0, 0.1) is 0 Å². The predicted octanol–water partition coefficient (Wildman–Crippen LogP) is 4.65. The van der Waals surface area contributed by atoms with Crippen LogP contribution < -0.4 is 5.32 Å². The number of carbonyl (C=O) groups is 2. The number of amides is 1. The summed E-state index contributed by atoms with van der Waals surface area (Å²) in [5.74, 6) is -0.0320. The van der Waals surface area contributed by atoms with Gasteiger partial charge >= 0.3 is 5.97 Å². The standard InChI is InChI=1S/C26H25N5O3S2/c1-35-11-6-22(26(33)34)31-24(32)20-5-4-17(14-21(20)18-3-2-7-27-16-18)13-19(25-30-10-12-36-25)15-23-28-8-9-29-23/h2-5,7-10,12-14,16,22H,6,11,15H2,1H3,(H,28,29)(H,31,32)(H,33,34)/t22-/m0/s1. The average molecular weight is 520 g/mol. The topological polar surface area (TPSA) is 121 Å². The van der Waals surface area contributed by atoms with Crippen LogP contribution in [0.4, 0.5) is 0 Å². The number of benzene rings is 1. The number of rotatable bonds is 11. The molecule has 1 amide bonds. The van der Waals surface area contributed by atoms with Gasteiger partial charge < -0.3 is 15.4 Å². The van der Waals surface area contributed by atoms with Crippen LogP contribution in [-0.4, -0.2) is 55.0 Å². The van der Waals surface area contributed by atoms with Crippen LogP contribution in [0.3, 0.4) is 0 Å². The van der Waals surface area contributed by atoms with Crippen molar-refractivity contribution in [3.63, 3.8) is 0 Å². The van der Waals surface area contributed by atoms with Crippen LogP contribution in [0.5, 0.6) is 0 Å². The molecule has 10 heteroatoms. The zero-order valence-corrected chi connectivity index (χ0v) is 21.2. The molecule has 184 valence electrons. The van der Waals surface area contributed by atoms with E-state index < -0.39 is 17.9 Å². The highest BCUT2D eigenvalue weighted by molar-refractivity contribution is 7.98. The summed E-state index contributed by atoms with van der Waals surface area (Å²) in [7, 11) is 0. The molecule has 1 atom stereocenters. The molecule has 8 nitrogen and oxygen atoms in total. The van der Waals surface area contributed by atoms with Crippen LogP contribution in [0.15, 0.2) is 66.7 Å². The number of thiazole rings is 1. The number of thioether (sulfide) groups is 1. The Morgan fingerprint density at radius 2 is 2.11 bits per heavy atom. The Morgan fingerprint density at radius 1 is 1.22 bits per heavy atom. The molecule has 1 aromatic carbocycles. The zero-order chi connectivity index (χ0) is 25.3. The summed E-state index contributed by atoms with van der Waals surface area (Å²) in [6, 6.07) is 8.21.